The van der Waals surface area contributed by atoms with Crippen LogP contribution in [0.15, 0.2) is 0 Å². The van der Waals surface area contributed by atoms with Gasteiger partial charge >= 0.3 is 0 Å². The van der Waals surface area contributed by atoms with Gasteiger partial charge in [0.2, 0.25) is 0 Å². The molecule has 1 aliphatic carbocycles. The summed E-state index contributed by atoms with van der Waals surface area (Å²) >= 11 is 0. The molecule has 2 nitrogen and oxygen atoms in total. The molecule has 0 aromatic rings. The van der Waals surface area contributed by atoms with Gasteiger partial charge in [0.15, 0.2) is 0 Å². The van der Waals surface area contributed by atoms with Crippen molar-refractivity contribution in [2.75, 3.05) is 14.1 Å². The van der Waals surface area contributed by atoms with Crippen LogP contribution >= 0.6 is 0 Å². The van der Waals surface area contributed by atoms with E-state index in [-0.39, 0.29) is 5.54 Å². The Kier molecular flexibility index (Phi) is 3.36. The van der Waals surface area contributed by atoms with Crippen LogP contribution in [0, 0.1) is 5.92 Å². The largest absolute Gasteiger partial charge is 0.326 e. The van der Waals surface area contributed by atoms with Gasteiger partial charge in [-0.25, -0.2) is 0 Å². The van der Waals surface area contributed by atoms with Gasteiger partial charge in [-0.15, -0.1) is 0 Å². The van der Waals surface area contributed by atoms with E-state index in [1.165, 1.54) is 12.8 Å². The first-order chi connectivity index (χ1) is 6.08. The quantitative estimate of drug-likeness (QED) is 0.706. The monoisotopic (exact) mass is 184 g/mol. The lowest BCUT2D eigenvalue weighted by molar-refractivity contribution is 0.0964. The molecule has 0 amide bonds. The van der Waals surface area contributed by atoms with Crippen molar-refractivity contribution in [3.8, 4) is 0 Å². The zero-order valence-corrected chi connectivity index (χ0v) is 9.51. The highest BCUT2D eigenvalue weighted by Gasteiger charge is 2.43. The summed E-state index contributed by atoms with van der Waals surface area (Å²) in [5.74, 6) is 0.794. The summed E-state index contributed by atoms with van der Waals surface area (Å²) in [5.41, 5.74) is 6.58. The van der Waals surface area contributed by atoms with Crippen molar-refractivity contribution in [1.29, 1.82) is 0 Å². The SMILES string of the molecule is CCC(CC)(C(N)C1CC1)N(C)C. The summed E-state index contributed by atoms with van der Waals surface area (Å²) < 4.78 is 0. The number of hydrogen-bond acceptors (Lipinski definition) is 2. The predicted octanol–water partition coefficient (Wildman–Crippen LogP) is 1.84. The third-order valence-corrected chi connectivity index (χ3v) is 3.87. The highest BCUT2D eigenvalue weighted by Crippen LogP contribution is 2.40. The van der Waals surface area contributed by atoms with Crippen LogP contribution in [0.25, 0.3) is 0 Å². The smallest absolute Gasteiger partial charge is 0.0351 e. The number of nitrogens with two attached hydrogens (primary N) is 1. The molecule has 1 saturated carbocycles. The van der Waals surface area contributed by atoms with Gasteiger partial charge in [0, 0.05) is 11.6 Å². The second-order valence-electron chi connectivity index (χ2n) is 4.57. The van der Waals surface area contributed by atoms with Gasteiger partial charge < -0.3 is 10.6 Å². The van der Waals surface area contributed by atoms with Crippen molar-refractivity contribution >= 4 is 0 Å². The van der Waals surface area contributed by atoms with Gasteiger partial charge in [-0.05, 0) is 45.7 Å². The molecule has 0 bridgehead atoms. The fourth-order valence-corrected chi connectivity index (χ4v) is 2.55. The van der Waals surface area contributed by atoms with Crippen molar-refractivity contribution in [2.24, 2.45) is 11.7 Å². The number of likely N-dealkylation sites (N-methyl/N-ethyl adjacent to an activating group) is 1. The molecule has 0 saturated heterocycles. The van der Waals surface area contributed by atoms with Gasteiger partial charge in [-0.2, -0.15) is 0 Å². The van der Waals surface area contributed by atoms with E-state index in [2.05, 4.69) is 32.8 Å². The number of hydrogen-bond donors (Lipinski definition) is 1. The third-order valence-electron chi connectivity index (χ3n) is 3.87. The highest BCUT2D eigenvalue weighted by atomic mass is 15.2. The standard InChI is InChI=1S/C11H24N2/c1-5-11(6-2,13(3)4)10(12)9-7-8-9/h9-10H,5-8,12H2,1-4H3. The molecule has 13 heavy (non-hydrogen) atoms. The molecule has 0 heterocycles. The van der Waals surface area contributed by atoms with Gasteiger partial charge in [0.1, 0.15) is 0 Å². The Morgan fingerprint density at radius 3 is 2.00 bits per heavy atom. The Labute approximate surface area is 82.5 Å². The van der Waals surface area contributed by atoms with Crippen molar-refractivity contribution in [1.82, 2.24) is 4.90 Å². The molecule has 0 aromatic heterocycles. The molecular weight excluding hydrogens is 160 g/mol. The fraction of sp³-hybridized carbons (Fsp3) is 1.00. The van der Waals surface area contributed by atoms with Crippen molar-refractivity contribution in [3.63, 3.8) is 0 Å². The lowest BCUT2D eigenvalue weighted by Crippen LogP contribution is -2.57. The molecule has 0 radical (unpaired) electrons. The third kappa shape index (κ3) is 1.89. The van der Waals surface area contributed by atoms with E-state index < -0.39 is 0 Å². The summed E-state index contributed by atoms with van der Waals surface area (Å²) in [7, 11) is 4.32. The molecular formula is C11H24N2. The Bertz CT molecular complexity index is 157. The normalized spacial score (nSPS) is 20.8. The van der Waals surface area contributed by atoms with Crippen LogP contribution in [0.1, 0.15) is 39.5 Å². The average molecular weight is 184 g/mol. The molecule has 1 unspecified atom stereocenters. The van der Waals surface area contributed by atoms with Gasteiger partial charge in [-0.3, -0.25) is 0 Å². The molecule has 1 aliphatic rings. The molecule has 1 atom stereocenters. The molecule has 2 heteroatoms. The topological polar surface area (TPSA) is 29.3 Å². The Morgan fingerprint density at radius 2 is 1.77 bits per heavy atom. The number of nitrogens with zero attached hydrogens (tertiary/aromatic N) is 1. The van der Waals surface area contributed by atoms with Crippen molar-refractivity contribution < 1.29 is 0 Å². The summed E-state index contributed by atoms with van der Waals surface area (Å²) in [6.07, 6.45) is 5.01. The van der Waals surface area contributed by atoms with E-state index in [0.717, 1.165) is 18.8 Å². The summed E-state index contributed by atoms with van der Waals surface area (Å²) in [6.45, 7) is 4.51. The Hall–Kier alpha value is -0.0800. The van der Waals surface area contributed by atoms with Crippen molar-refractivity contribution in [3.05, 3.63) is 0 Å². The molecule has 2 N–H and O–H groups in total. The second-order valence-corrected chi connectivity index (χ2v) is 4.57. The van der Waals surface area contributed by atoms with E-state index in [1.54, 1.807) is 0 Å². The molecule has 1 fully saturated rings. The minimum atomic E-state index is 0.237. The highest BCUT2D eigenvalue weighted by molar-refractivity contribution is 5.02. The molecule has 0 aliphatic heterocycles. The molecule has 0 spiro atoms. The first kappa shape index (κ1) is 11.0. The van der Waals surface area contributed by atoms with Crippen LogP contribution in [-0.4, -0.2) is 30.6 Å². The first-order valence-corrected chi connectivity index (χ1v) is 5.51. The van der Waals surface area contributed by atoms with Crippen LogP contribution in [0.5, 0.6) is 0 Å². The summed E-state index contributed by atoms with van der Waals surface area (Å²) in [6, 6.07) is 0.373. The van der Waals surface area contributed by atoms with Crippen LogP contribution in [0.3, 0.4) is 0 Å². The van der Waals surface area contributed by atoms with Crippen LogP contribution in [0.2, 0.25) is 0 Å². The van der Waals surface area contributed by atoms with Crippen LogP contribution in [0.4, 0.5) is 0 Å². The van der Waals surface area contributed by atoms with E-state index in [0.29, 0.717) is 6.04 Å². The average Bonchev–Trinajstić information content (AvgIpc) is 2.89. The minimum absolute atomic E-state index is 0.237. The van der Waals surface area contributed by atoms with E-state index in [1.807, 2.05) is 0 Å². The maximum absolute atomic E-state index is 6.34. The zero-order valence-electron chi connectivity index (χ0n) is 9.51. The lowest BCUT2D eigenvalue weighted by atomic mass is 9.81. The molecule has 0 aromatic carbocycles. The van der Waals surface area contributed by atoms with E-state index >= 15 is 0 Å². The maximum Gasteiger partial charge on any atom is 0.0351 e. The maximum atomic E-state index is 6.34. The minimum Gasteiger partial charge on any atom is -0.326 e. The van der Waals surface area contributed by atoms with E-state index in [4.69, 9.17) is 5.73 Å². The number of rotatable bonds is 5. The second kappa shape index (κ2) is 3.97. The van der Waals surface area contributed by atoms with Gasteiger partial charge in [0.25, 0.3) is 0 Å². The lowest BCUT2D eigenvalue weighted by Gasteiger charge is -2.43. The summed E-state index contributed by atoms with van der Waals surface area (Å²) in [5, 5.41) is 0. The Balaban J connectivity index is 2.73. The first-order valence-electron chi connectivity index (χ1n) is 5.51. The molecule has 78 valence electrons. The van der Waals surface area contributed by atoms with Crippen molar-refractivity contribution in [2.45, 2.75) is 51.1 Å². The fourth-order valence-electron chi connectivity index (χ4n) is 2.55. The van der Waals surface area contributed by atoms with Crippen LogP contribution in [-0.2, 0) is 0 Å². The van der Waals surface area contributed by atoms with Crippen LogP contribution < -0.4 is 5.73 Å². The van der Waals surface area contributed by atoms with Gasteiger partial charge in [0.05, 0.1) is 0 Å². The summed E-state index contributed by atoms with van der Waals surface area (Å²) in [4.78, 5) is 2.33. The van der Waals surface area contributed by atoms with Gasteiger partial charge in [-0.1, -0.05) is 13.8 Å². The molecule has 1 rings (SSSR count). The Morgan fingerprint density at radius 1 is 1.31 bits per heavy atom. The van der Waals surface area contributed by atoms with E-state index in [9.17, 15) is 0 Å². The zero-order chi connectivity index (χ0) is 10.1. The predicted molar refractivity (Wildman–Crippen MR) is 57.7 cm³/mol.